The molecular weight excluding hydrogens is 212 g/mol. The molecule has 2 saturated heterocycles. The van der Waals surface area contributed by atoms with E-state index in [2.05, 4.69) is 0 Å². The summed E-state index contributed by atoms with van der Waals surface area (Å²) in [6.45, 7) is 3.64. The zero-order valence-corrected chi connectivity index (χ0v) is 9.26. The summed E-state index contributed by atoms with van der Waals surface area (Å²) in [5, 5.41) is 0. The summed E-state index contributed by atoms with van der Waals surface area (Å²) in [6, 6.07) is 0. The van der Waals surface area contributed by atoms with Crippen LogP contribution in [0.3, 0.4) is 0 Å². The lowest BCUT2D eigenvalue weighted by Crippen LogP contribution is -2.52. The molecule has 3 aliphatic rings. The average Bonchev–Trinajstić information content (AvgIpc) is 2.90. The topological polar surface area (TPSA) is 65.1 Å². The zero-order chi connectivity index (χ0) is 11.5. The Labute approximate surface area is 93.0 Å². The Balaban J connectivity index is 1.95. The van der Waals surface area contributed by atoms with Gasteiger partial charge in [0, 0.05) is 13.3 Å². The van der Waals surface area contributed by atoms with Gasteiger partial charge in [-0.2, -0.15) is 0 Å². The molecule has 1 saturated carbocycles. The van der Waals surface area contributed by atoms with Crippen LogP contribution in [0, 0.1) is 11.8 Å². The van der Waals surface area contributed by atoms with E-state index in [1.807, 2.05) is 6.92 Å². The van der Waals surface area contributed by atoms with Gasteiger partial charge in [0.15, 0.2) is 0 Å². The van der Waals surface area contributed by atoms with Crippen molar-refractivity contribution in [2.75, 3.05) is 6.61 Å². The third-order valence-corrected chi connectivity index (χ3v) is 3.81. The van der Waals surface area contributed by atoms with Gasteiger partial charge < -0.3 is 14.2 Å². The fourth-order valence-electron chi connectivity index (χ4n) is 3.10. The van der Waals surface area contributed by atoms with Crippen molar-refractivity contribution in [1.82, 2.24) is 0 Å². The molecule has 0 unspecified atom stereocenters. The molecule has 0 spiro atoms. The van der Waals surface area contributed by atoms with Crippen molar-refractivity contribution < 1.29 is 23.8 Å². The molecule has 0 N–H and O–H groups in total. The molecule has 3 fully saturated rings. The van der Waals surface area contributed by atoms with E-state index >= 15 is 0 Å². The summed E-state index contributed by atoms with van der Waals surface area (Å²) in [5.74, 6) is -0.736. The summed E-state index contributed by atoms with van der Waals surface area (Å²) < 4.78 is 15.9. The van der Waals surface area contributed by atoms with Crippen molar-refractivity contribution in [3.05, 3.63) is 0 Å². The maximum Gasteiger partial charge on any atom is 0.351 e. The highest BCUT2D eigenvalue weighted by Crippen LogP contribution is 2.53. The zero-order valence-electron chi connectivity index (χ0n) is 9.26. The SMILES string of the molecule is CC(=O)O[C@]12C[C@@H](C)[C@@H]3O[C@@H]3[C@H]1COC2=O. The average molecular weight is 226 g/mol. The van der Waals surface area contributed by atoms with Gasteiger partial charge in [-0.1, -0.05) is 6.92 Å². The minimum atomic E-state index is -1.08. The normalized spacial score (nSPS) is 49.0. The minimum Gasteiger partial charge on any atom is -0.462 e. The fraction of sp³-hybridized carbons (Fsp3) is 0.818. The van der Waals surface area contributed by atoms with Crippen LogP contribution in [-0.2, 0) is 23.8 Å². The van der Waals surface area contributed by atoms with Crippen molar-refractivity contribution >= 4 is 11.9 Å². The number of fused-ring (bicyclic) bond motifs is 3. The molecule has 3 rings (SSSR count). The predicted octanol–water partition coefficient (Wildman–Crippen LogP) is 0.268. The third-order valence-electron chi connectivity index (χ3n) is 3.81. The van der Waals surface area contributed by atoms with Crippen LogP contribution >= 0.6 is 0 Å². The number of carbonyl (C=O) groups excluding carboxylic acids is 2. The highest BCUT2D eigenvalue weighted by Gasteiger charge is 2.69. The Morgan fingerprint density at radius 2 is 2.25 bits per heavy atom. The quantitative estimate of drug-likeness (QED) is 0.474. The first-order valence-electron chi connectivity index (χ1n) is 5.57. The van der Waals surface area contributed by atoms with Crippen molar-refractivity contribution in [3.8, 4) is 0 Å². The molecule has 0 aromatic rings. The van der Waals surface area contributed by atoms with E-state index in [-0.39, 0.29) is 24.0 Å². The van der Waals surface area contributed by atoms with E-state index < -0.39 is 17.5 Å². The van der Waals surface area contributed by atoms with E-state index in [1.54, 1.807) is 0 Å². The number of rotatable bonds is 1. The molecule has 0 radical (unpaired) electrons. The molecule has 2 heterocycles. The van der Waals surface area contributed by atoms with E-state index in [0.717, 1.165) is 0 Å². The molecule has 5 heteroatoms. The molecular formula is C11H14O5. The van der Waals surface area contributed by atoms with Gasteiger partial charge in [0.2, 0.25) is 5.60 Å². The van der Waals surface area contributed by atoms with Crippen LogP contribution in [0.1, 0.15) is 20.3 Å². The monoisotopic (exact) mass is 226 g/mol. The summed E-state index contributed by atoms with van der Waals surface area (Å²) >= 11 is 0. The Bertz CT molecular complexity index is 365. The Morgan fingerprint density at radius 3 is 2.94 bits per heavy atom. The second-order valence-electron chi connectivity index (χ2n) is 4.93. The Kier molecular flexibility index (Phi) is 1.87. The Morgan fingerprint density at radius 1 is 1.50 bits per heavy atom. The highest BCUT2D eigenvalue weighted by atomic mass is 16.6. The Hall–Kier alpha value is -1.10. The van der Waals surface area contributed by atoms with Gasteiger partial charge in [-0.15, -0.1) is 0 Å². The van der Waals surface area contributed by atoms with Gasteiger partial charge in [0.1, 0.15) is 6.61 Å². The lowest BCUT2D eigenvalue weighted by atomic mass is 9.72. The lowest BCUT2D eigenvalue weighted by molar-refractivity contribution is -0.177. The largest absolute Gasteiger partial charge is 0.462 e. The number of epoxide rings is 1. The van der Waals surface area contributed by atoms with Crippen molar-refractivity contribution in [2.45, 2.75) is 38.1 Å². The summed E-state index contributed by atoms with van der Waals surface area (Å²) in [6.07, 6.45) is 0.745. The molecule has 0 aromatic carbocycles. The number of carbonyl (C=O) groups is 2. The lowest BCUT2D eigenvalue weighted by Gasteiger charge is -2.34. The molecule has 5 atom stereocenters. The third kappa shape index (κ3) is 1.15. The van der Waals surface area contributed by atoms with Crippen molar-refractivity contribution in [3.63, 3.8) is 0 Å². The number of cyclic esters (lactones) is 1. The van der Waals surface area contributed by atoms with Gasteiger partial charge >= 0.3 is 11.9 Å². The number of esters is 2. The maximum atomic E-state index is 11.8. The van der Waals surface area contributed by atoms with E-state index in [0.29, 0.717) is 13.0 Å². The summed E-state index contributed by atoms with van der Waals surface area (Å²) in [5.41, 5.74) is -1.08. The molecule has 2 aliphatic heterocycles. The highest BCUT2D eigenvalue weighted by molar-refractivity contribution is 5.85. The minimum absolute atomic E-state index is 0.0227. The van der Waals surface area contributed by atoms with Gasteiger partial charge in [0.05, 0.1) is 18.1 Å². The van der Waals surface area contributed by atoms with Crippen LogP contribution in [0.5, 0.6) is 0 Å². The molecule has 88 valence electrons. The number of hydrogen-bond donors (Lipinski definition) is 0. The number of hydrogen-bond acceptors (Lipinski definition) is 5. The molecule has 0 amide bonds. The van der Waals surface area contributed by atoms with Gasteiger partial charge in [-0.3, -0.25) is 4.79 Å². The van der Waals surface area contributed by atoms with Crippen molar-refractivity contribution in [1.29, 1.82) is 0 Å². The molecule has 0 bridgehead atoms. The van der Waals surface area contributed by atoms with Gasteiger partial charge in [-0.05, 0) is 5.92 Å². The van der Waals surface area contributed by atoms with E-state index in [9.17, 15) is 9.59 Å². The fourth-order valence-corrected chi connectivity index (χ4v) is 3.10. The van der Waals surface area contributed by atoms with Crippen LogP contribution in [0.15, 0.2) is 0 Å². The molecule has 1 aliphatic carbocycles. The molecule has 0 aromatic heterocycles. The number of ether oxygens (including phenoxy) is 3. The van der Waals surface area contributed by atoms with Crippen LogP contribution in [0.2, 0.25) is 0 Å². The van der Waals surface area contributed by atoms with Crippen LogP contribution in [-0.4, -0.2) is 36.4 Å². The standard InChI is InChI=1S/C11H14O5/c1-5-3-11(16-6(2)12)7(4-14-10(11)13)9-8(5)15-9/h5,7-9H,3-4H2,1-2H3/t5-,7-,8+,9-,11-/m1/s1. The second-order valence-corrected chi connectivity index (χ2v) is 4.93. The van der Waals surface area contributed by atoms with E-state index in [1.165, 1.54) is 6.92 Å². The summed E-state index contributed by atoms with van der Waals surface area (Å²) in [4.78, 5) is 23.0. The van der Waals surface area contributed by atoms with Crippen LogP contribution in [0.4, 0.5) is 0 Å². The second kappa shape index (κ2) is 2.97. The maximum absolute atomic E-state index is 11.8. The van der Waals surface area contributed by atoms with E-state index in [4.69, 9.17) is 14.2 Å². The molecule has 5 nitrogen and oxygen atoms in total. The first-order chi connectivity index (χ1) is 7.54. The predicted molar refractivity (Wildman–Crippen MR) is 51.4 cm³/mol. The van der Waals surface area contributed by atoms with Crippen molar-refractivity contribution in [2.24, 2.45) is 11.8 Å². The van der Waals surface area contributed by atoms with Crippen LogP contribution < -0.4 is 0 Å². The summed E-state index contributed by atoms with van der Waals surface area (Å²) in [7, 11) is 0. The van der Waals surface area contributed by atoms with Crippen LogP contribution in [0.25, 0.3) is 0 Å². The first kappa shape index (κ1) is 10.1. The van der Waals surface area contributed by atoms with Gasteiger partial charge in [-0.25, -0.2) is 4.79 Å². The molecule has 16 heavy (non-hydrogen) atoms. The van der Waals surface area contributed by atoms with Gasteiger partial charge in [0.25, 0.3) is 0 Å². The smallest absolute Gasteiger partial charge is 0.351 e. The first-order valence-corrected chi connectivity index (χ1v) is 5.57.